The highest BCUT2D eigenvalue weighted by Crippen LogP contribution is 2.88. The van der Waals surface area contributed by atoms with E-state index >= 15 is 0 Å². The molecule has 8 heteroatoms. The van der Waals surface area contributed by atoms with E-state index in [1.807, 2.05) is 6.92 Å². The maximum Gasteiger partial charge on any atom is 0.206 e. The van der Waals surface area contributed by atoms with E-state index in [4.69, 9.17) is 9.47 Å². The molecule has 1 N–H and O–H groups in total. The van der Waals surface area contributed by atoms with E-state index in [0.29, 0.717) is 0 Å². The van der Waals surface area contributed by atoms with E-state index in [1.54, 1.807) is 37.3 Å². The number of rotatable bonds is 4. The lowest BCUT2D eigenvalue weighted by atomic mass is 9.42. The fourth-order valence-electron chi connectivity index (χ4n) is 9.75. The summed E-state index contributed by atoms with van der Waals surface area (Å²) in [5.41, 5.74) is -7.24. The number of ketones is 5. The predicted octanol–water partition coefficient (Wildman–Crippen LogP) is 2.38. The molecule has 0 unspecified atom stereocenters. The minimum absolute atomic E-state index is 0.0125. The van der Waals surface area contributed by atoms with Crippen LogP contribution in [-0.2, 0) is 33.4 Å². The lowest BCUT2D eigenvalue weighted by molar-refractivity contribution is -0.162. The van der Waals surface area contributed by atoms with Crippen LogP contribution < -0.4 is 0 Å². The van der Waals surface area contributed by atoms with Crippen LogP contribution in [0.2, 0.25) is 0 Å². The van der Waals surface area contributed by atoms with Crippen molar-refractivity contribution in [3.8, 4) is 0 Å². The Bertz CT molecular complexity index is 1450. The highest BCUT2D eigenvalue weighted by Gasteiger charge is 2.96. The number of carbonyl (C=O) groups excluding carboxylic acids is 5. The molecule has 6 rings (SSSR count). The van der Waals surface area contributed by atoms with Gasteiger partial charge in [-0.05, 0) is 26.7 Å². The number of carbonyl (C=O) groups is 5. The van der Waals surface area contributed by atoms with Crippen molar-refractivity contribution in [3.05, 3.63) is 58.6 Å². The maximum absolute atomic E-state index is 14.7. The summed E-state index contributed by atoms with van der Waals surface area (Å²) in [6.45, 7) is 6.52. The summed E-state index contributed by atoms with van der Waals surface area (Å²) in [6.07, 6.45) is 7.89. The molecular formula is C30H30O8. The molecular weight excluding hydrogens is 488 g/mol. The van der Waals surface area contributed by atoms with Crippen molar-refractivity contribution < 1.29 is 38.6 Å². The molecule has 6 aliphatic carbocycles. The lowest BCUT2D eigenvalue weighted by Crippen LogP contribution is -2.65. The van der Waals surface area contributed by atoms with Crippen molar-refractivity contribution in [2.75, 3.05) is 14.2 Å². The summed E-state index contributed by atoms with van der Waals surface area (Å²) < 4.78 is 10.9. The number of hydrogen-bond acceptors (Lipinski definition) is 8. The van der Waals surface area contributed by atoms with Crippen molar-refractivity contribution >= 4 is 28.9 Å². The topological polar surface area (TPSA) is 124 Å². The number of hydrogen-bond donors (Lipinski definition) is 1. The first-order valence-electron chi connectivity index (χ1n) is 12.9. The first-order valence-corrected chi connectivity index (χ1v) is 12.9. The summed E-state index contributed by atoms with van der Waals surface area (Å²) in [5, 5.41) is 12.6. The van der Waals surface area contributed by atoms with Gasteiger partial charge in [-0.25, -0.2) is 0 Å². The van der Waals surface area contributed by atoms with Gasteiger partial charge in [-0.15, -0.1) is 0 Å². The third-order valence-electron chi connectivity index (χ3n) is 10.7. The Kier molecular flexibility index (Phi) is 4.70. The second-order valence-corrected chi connectivity index (χ2v) is 11.5. The molecule has 0 radical (unpaired) electrons. The third-order valence-corrected chi connectivity index (χ3v) is 10.7. The van der Waals surface area contributed by atoms with Crippen molar-refractivity contribution in [2.45, 2.75) is 39.7 Å². The Morgan fingerprint density at radius 2 is 1.58 bits per heavy atom. The summed E-state index contributed by atoms with van der Waals surface area (Å²) in [6, 6.07) is 0. The Morgan fingerprint density at radius 1 is 0.947 bits per heavy atom. The van der Waals surface area contributed by atoms with Gasteiger partial charge in [0, 0.05) is 40.9 Å². The SMILES string of the molecule is C/C=C/C=C/[C@@]1(O)[C@@H]2C=C3C(=O)C[C@]45C(=O)C(OC)=C(C)C(=O)[C@H]4[C@H]1[C@]1(C(=O)C(OC)=C(C)C(=O)[C@]315)[C@H]2C. The zero-order valence-electron chi connectivity index (χ0n) is 22.2. The number of Topliss-reactive ketones (excluding diaryl/α,β-unsaturated/α-hetero) is 5. The lowest BCUT2D eigenvalue weighted by Gasteiger charge is -2.55. The van der Waals surface area contributed by atoms with Gasteiger partial charge in [-0.1, -0.05) is 37.3 Å². The molecule has 0 heterocycles. The molecule has 3 spiro atoms. The molecule has 198 valence electrons. The average molecular weight is 519 g/mol. The third kappa shape index (κ3) is 2.00. The Balaban J connectivity index is 1.86. The average Bonchev–Trinajstić information content (AvgIpc) is 3.34. The highest BCUT2D eigenvalue weighted by atomic mass is 16.5. The fourth-order valence-corrected chi connectivity index (χ4v) is 9.75. The molecule has 0 aromatic rings. The van der Waals surface area contributed by atoms with E-state index in [1.165, 1.54) is 28.1 Å². The molecule has 0 saturated heterocycles. The van der Waals surface area contributed by atoms with Crippen LogP contribution in [0.3, 0.4) is 0 Å². The molecule has 38 heavy (non-hydrogen) atoms. The molecule has 6 aliphatic rings. The number of aliphatic hydroxyl groups is 1. The summed E-state index contributed by atoms with van der Waals surface area (Å²) in [7, 11) is 2.57. The first-order chi connectivity index (χ1) is 17.9. The van der Waals surface area contributed by atoms with Crippen molar-refractivity contribution in [1.82, 2.24) is 0 Å². The molecule has 3 saturated carbocycles. The molecule has 0 aromatic heterocycles. The van der Waals surface area contributed by atoms with Crippen molar-refractivity contribution in [2.24, 2.45) is 39.9 Å². The van der Waals surface area contributed by atoms with Gasteiger partial charge in [0.1, 0.15) is 0 Å². The largest absolute Gasteiger partial charge is 0.493 e. The van der Waals surface area contributed by atoms with Gasteiger partial charge in [0.2, 0.25) is 11.6 Å². The molecule has 2 bridgehead atoms. The van der Waals surface area contributed by atoms with E-state index < -0.39 is 80.9 Å². The molecule has 0 aliphatic heterocycles. The highest BCUT2D eigenvalue weighted by molar-refractivity contribution is 6.31. The standard InChI is InChI=1S/C30H30O8/c1-7-8-9-10-28(36)16-11-17-18(31)12-27-19(20(32)13(2)21(37-5)25(27)34)23(28)29(15(16)4)26(35)22(38-6)14(3)24(33)30(17,27)29/h7-11,15-16,19,23,36H,12H2,1-6H3/b8-7+,10-9+/t15-,16+,19-,23+,27+,28+,29-,30-/m0/s1. The predicted molar refractivity (Wildman–Crippen MR) is 133 cm³/mol. The smallest absolute Gasteiger partial charge is 0.206 e. The zero-order chi connectivity index (χ0) is 27.7. The van der Waals surface area contributed by atoms with Gasteiger partial charge in [0.25, 0.3) is 0 Å². The van der Waals surface area contributed by atoms with E-state index in [-0.39, 0.29) is 28.2 Å². The van der Waals surface area contributed by atoms with Gasteiger partial charge in [-0.2, -0.15) is 0 Å². The number of methoxy groups -OCH3 is 2. The number of allylic oxidation sites excluding steroid dienone is 8. The normalized spacial score (nSPS) is 45.0. The zero-order valence-corrected chi connectivity index (χ0v) is 22.2. The molecule has 8 nitrogen and oxygen atoms in total. The van der Waals surface area contributed by atoms with Crippen LogP contribution >= 0.6 is 0 Å². The van der Waals surface area contributed by atoms with E-state index in [2.05, 4.69) is 0 Å². The quantitative estimate of drug-likeness (QED) is 0.563. The molecule has 0 amide bonds. The van der Waals surface area contributed by atoms with Gasteiger partial charge in [0.05, 0.1) is 36.1 Å². The second-order valence-electron chi connectivity index (χ2n) is 11.5. The van der Waals surface area contributed by atoms with Crippen LogP contribution in [0.25, 0.3) is 0 Å². The Hall–Kier alpha value is -3.39. The molecule has 0 aromatic carbocycles. The van der Waals surface area contributed by atoms with Crippen LogP contribution in [0.15, 0.2) is 58.6 Å². The Labute approximate surface area is 220 Å². The van der Waals surface area contributed by atoms with Crippen molar-refractivity contribution in [3.63, 3.8) is 0 Å². The summed E-state index contributed by atoms with van der Waals surface area (Å²) in [5.74, 6) is -6.91. The first kappa shape index (κ1) is 24.9. The van der Waals surface area contributed by atoms with Gasteiger partial charge >= 0.3 is 0 Å². The van der Waals surface area contributed by atoms with Gasteiger partial charge in [-0.3, -0.25) is 24.0 Å². The van der Waals surface area contributed by atoms with Crippen LogP contribution in [0.5, 0.6) is 0 Å². The van der Waals surface area contributed by atoms with Crippen LogP contribution in [0.1, 0.15) is 34.1 Å². The maximum atomic E-state index is 14.7. The number of fused-ring (bicyclic) bond motifs is 2. The fraction of sp³-hybridized carbons (Fsp3) is 0.500. The summed E-state index contributed by atoms with van der Waals surface area (Å²) in [4.78, 5) is 72.2. The monoisotopic (exact) mass is 518 g/mol. The number of ether oxygens (including phenoxy) is 2. The Morgan fingerprint density at radius 3 is 2.18 bits per heavy atom. The van der Waals surface area contributed by atoms with Gasteiger partial charge in [0.15, 0.2) is 28.9 Å². The van der Waals surface area contributed by atoms with E-state index in [9.17, 15) is 29.1 Å². The van der Waals surface area contributed by atoms with Crippen LogP contribution in [-0.4, -0.2) is 53.8 Å². The molecule has 8 atom stereocenters. The second kappa shape index (κ2) is 7.17. The summed E-state index contributed by atoms with van der Waals surface area (Å²) >= 11 is 0. The van der Waals surface area contributed by atoms with Crippen LogP contribution in [0, 0.1) is 39.9 Å². The minimum Gasteiger partial charge on any atom is -0.493 e. The van der Waals surface area contributed by atoms with E-state index in [0.717, 1.165) is 0 Å². The van der Waals surface area contributed by atoms with Crippen molar-refractivity contribution in [1.29, 1.82) is 0 Å². The van der Waals surface area contributed by atoms with Gasteiger partial charge < -0.3 is 14.6 Å². The molecule has 3 fully saturated rings. The van der Waals surface area contributed by atoms with Crippen LogP contribution in [0.4, 0.5) is 0 Å². The minimum atomic E-state index is -1.94.